The second-order valence-corrected chi connectivity index (χ2v) is 6.91. The second-order valence-electron chi connectivity index (χ2n) is 6.91. The molecule has 6 nitrogen and oxygen atoms in total. The fourth-order valence-electron chi connectivity index (χ4n) is 3.94. The Morgan fingerprint density at radius 3 is 2.23 bits per heavy atom. The number of urea groups is 1. The Morgan fingerprint density at radius 2 is 1.86 bits per heavy atom. The molecule has 1 aliphatic rings. The number of likely N-dealkylation sites (tertiary alicyclic amines) is 1. The van der Waals surface area contributed by atoms with Crippen LogP contribution >= 0.6 is 0 Å². The minimum Gasteiger partial charge on any atom is -0.465 e. The molecule has 0 spiro atoms. The fraction of sp³-hybridized carbons (Fsp3) is 0.875. The molecule has 1 saturated heterocycles. The summed E-state index contributed by atoms with van der Waals surface area (Å²) in [6, 6.07) is -0.190. The monoisotopic (exact) mass is 313 g/mol. The van der Waals surface area contributed by atoms with Crippen LogP contribution in [0.5, 0.6) is 0 Å². The van der Waals surface area contributed by atoms with E-state index in [0.717, 1.165) is 12.8 Å². The molecule has 0 aliphatic carbocycles. The number of nitrogens with one attached hydrogen (secondary N) is 1. The molecule has 1 aliphatic heterocycles. The maximum atomic E-state index is 12.6. The third-order valence-corrected chi connectivity index (χ3v) is 5.95. The van der Waals surface area contributed by atoms with Gasteiger partial charge in [0, 0.05) is 31.2 Å². The molecule has 4 atom stereocenters. The summed E-state index contributed by atoms with van der Waals surface area (Å²) in [5.41, 5.74) is -0.761. The summed E-state index contributed by atoms with van der Waals surface area (Å²) >= 11 is 0. The van der Waals surface area contributed by atoms with Gasteiger partial charge in [-0.2, -0.15) is 0 Å². The number of nitrogens with zero attached hydrogens (tertiary/aromatic N) is 2. The maximum Gasteiger partial charge on any atom is 0.407 e. The first-order valence-corrected chi connectivity index (χ1v) is 8.06. The molecule has 0 bridgehead atoms. The van der Waals surface area contributed by atoms with Gasteiger partial charge in [0.15, 0.2) is 0 Å². The molecule has 0 aromatic rings. The zero-order valence-corrected chi connectivity index (χ0v) is 14.9. The molecule has 4 unspecified atom stereocenters. The van der Waals surface area contributed by atoms with E-state index in [-0.39, 0.29) is 23.5 Å². The summed E-state index contributed by atoms with van der Waals surface area (Å²) in [5.74, 6) is 0.0514. The molecule has 128 valence electrons. The fourth-order valence-corrected chi connectivity index (χ4v) is 3.94. The molecular weight excluding hydrogens is 282 g/mol. The first-order chi connectivity index (χ1) is 10.1. The predicted octanol–water partition coefficient (Wildman–Crippen LogP) is 2.98. The second kappa shape index (κ2) is 6.34. The third-order valence-electron chi connectivity index (χ3n) is 5.95. The third kappa shape index (κ3) is 2.75. The summed E-state index contributed by atoms with van der Waals surface area (Å²) in [6.07, 6.45) is 1.30. The van der Waals surface area contributed by atoms with E-state index in [1.54, 1.807) is 14.1 Å². The van der Waals surface area contributed by atoms with E-state index in [2.05, 4.69) is 39.9 Å². The Morgan fingerprint density at radius 1 is 1.32 bits per heavy atom. The number of amides is 3. The number of rotatable bonds is 3. The van der Waals surface area contributed by atoms with Crippen LogP contribution in [-0.4, -0.2) is 58.2 Å². The number of carboxylic acid groups (broad SMARTS) is 1. The normalized spacial score (nSPS) is 35.1. The Kier molecular flexibility index (Phi) is 5.36. The molecule has 0 aromatic heterocycles. The Balaban J connectivity index is 3.39. The quantitative estimate of drug-likeness (QED) is 0.841. The Hall–Kier alpha value is -1.46. The molecule has 3 amide bonds. The zero-order valence-electron chi connectivity index (χ0n) is 14.9. The lowest BCUT2D eigenvalue weighted by Gasteiger charge is -2.61. The zero-order chi connectivity index (χ0) is 17.3. The molecule has 0 saturated carbocycles. The van der Waals surface area contributed by atoms with E-state index in [1.165, 1.54) is 4.90 Å². The maximum absolute atomic E-state index is 12.6. The minimum atomic E-state index is -0.915. The van der Waals surface area contributed by atoms with Crippen LogP contribution in [0.15, 0.2) is 0 Å². The van der Waals surface area contributed by atoms with Crippen LogP contribution in [0.3, 0.4) is 0 Å². The van der Waals surface area contributed by atoms with Gasteiger partial charge in [0.25, 0.3) is 0 Å². The summed E-state index contributed by atoms with van der Waals surface area (Å²) in [7, 11) is 3.28. The van der Waals surface area contributed by atoms with Crippen LogP contribution in [-0.2, 0) is 0 Å². The van der Waals surface area contributed by atoms with Crippen molar-refractivity contribution in [3.63, 3.8) is 0 Å². The molecule has 22 heavy (non-hydrogen) atoms. The molecule has 1 fully saturated rings. The molecule has 1 rings (SSSR count). The molecule has 1 heterocycles. The van der Waals surface area contributed by atoms with Gasteiger partial charge in [-0.3, -0.25) is 0 Å². The highest BCUT2D eigenvalue weighted by Crippen LogP contribution is 2.46. The lowest BCUT2D eigenvalue weighted by Crippen LogP contribution is -2.72. The molecule has 6 heteroatoms. The number of piperidine rings is 1. The standard InChI is InChI=1S/C16H31N3O3/c1-8-15(4)10-12(18(7)14(21)22)11(3)16(5,9-2)19(15)13(20)17-6/h11-12H,8-10H2,1-7H3,(H,17,20)(H,21,22). The van der Waals surface area contributed by atoms with Gasteiger partial charge in [-0.25, -0.2) is 9.59 Å². The van der Waals surface area contributed by atoms with Gasteiger partial charge in [-0.1, -0.05) is 20.8 Å². The van der Waals surface area contributed by atoms with Crippen LogP contribution < -0.4 is 5.32 Å². The molecule has 2 N–H and O–H groups in total. The smallest absolute Gasteiger partial charge is 0.407 e. The SMILES string of the molecule is CCC1(C)CC(N(C)C(=O)O)C(C)C(C)(CC)N1C(=O)NC. The van der Waals surface area contributed by atoms with E-state index >= 15 is 0 Å². The lowest BCUT2D eigenvalue weighted by molar-refractivity contribution is -0.0815. The van der Waals surface area contributed by atoms with Crippen LogP contribution in [0, 0.1) is 5.92 Å². The molecule has 0 radical (unpaired) electrons. The van der Waals surface area contributed by atoms with E-state index in [0.29, 0.717) is 6.42 Å². The number of hydrogen-bond donors (Lipinski definition) is 2. The highest BCUT2D eigenvalue weighted by molar-refractivity contribution is 5.76. The van der Waals surface area contributed by atoms with Crippen molar-refractivity contribution in [2.45, 2.75) is 71.0 Å². The average Bonchev–Trinajstić information content (AvgIpc) is 2.49. The summed E-state index contributed by atoms with van der Waals surface area (Å²) in [5, 5.41) is 12.2. The van der Waals surface area contributed by atoms with Crippen molar-refractivity contribution in [1.29, 1.82) is 0 Å². The van der Waals surface area contributed by atoms with Crippen LogP contribution in [0.4, 0.5) is 9.59 Å². The Bertz CT molecular complexity index is 442. The van der Waals surface area contributed by atoms with Crippen molar-refractivity contribution in [3.8, 4) is 0 Å². The van der Waals surface area contributed by atoms with Gasteiger partial charge in [0.1, 0.15) is 0 Å². The van der Waals surface area contributed by atoms with Crippen molar-refractivity contribution < 1.29 is 14.7 Å². The highest BCUT2D eigenvalue weighted by atomic mass is 16.4. The van der Waals surface area contributed by atoms with Crippen LogP contribution in [0.1, 0.15) is 53.9 Å². The van der Waals surface area contributed by atoms with E-state index < -0.39 is 11.6 Å². The first kappa shape index (κ1) is 18.6. The molecular formula is C16H31N3O3. The largest absolute Gasteiger partial charge is 0.465 e. The van der Waals surface area contributed by atoms with E-state index in [1.807, 2.05) is 4.90 Å². The number of hydrogen-bond acceptors (Lipinski definition) is 2. The van der Waals surface area contributed by atoms with Crippen molar-refractivity contribution in [2.75, 3.05) is 14.1 Å². The summed E-state index contributed by atoms with van der Waals surface area (Å²) in [4.78, 5) is 27.4. The number of carbonyl (C=O) groups excluding carboxylic acids is 1. The van der Waals surface area contributed by atoms with Crippen LogP contribution in [0.2, 0.25) is 0 Å². The average molecular weight is 313 g/mol. The van der Waals surface area contributed by atoms with Crippen molar-refractivity contribution >= 4 is 12.1 Å². The topological polar surface area (TPSA) is 72.9 Å². The van der Waals surface area contributed by atoms with Crippen molar-refractivity contribution in [3.05, 3.63) is 0 Å². The first-order valence-electron chi connectivity index (χ1n) is 8.06. The predicted molar refractivity (Wildman–Crippen MR) is 87.0 cm³/mol. The van der Waals surface area contributed by atoms with Gasteiger partial charge in [0.2, 0.25) is 0 Å². The minimum absolute atomic E-state index is 0.0514. The van der Waals surface area contributed by atoms with Gasteiger partial charge in [-0.05, 0) is 39.0 Å². The van der Waals surface area contributed by atoms with E-state index in [4.69, 9.17) is 0 Å². The van der Waals surface area contributed by atoms with Crippen LogP contribution in [0.25, 0.3) is 0 Å². The Labute approximate surface area is 133 Å². The lowest BCUT2D eigenvalue weighted by atomic mass is 9.66. The summed E-state index contributed by atoms with van der Waals surface area (Å²) < 4.78 is 0. The highest BCUT2D eigenvalue weighted by Gasteiger charge is 2.55. The van der Waals surface area contributed by atoms with Gasteiger partial charge in [0.05, 0.1) is 0 Å². The van der Waals surface area contributed by atoms with Gasteiger partial charge < -0.3 is 20.2 Å². The summed E-state index contributed by atoms with van der Waals surface area (Å²) in [6.45, 7) is 10.3. The van der Waals surface area contributed by atoms with E-state index in [9.17, 15) is 14.7 Å². The molecule has 0 aromatic carbocycles. The van der Waals surface area contributed by atoms with Crippen molar-refractivity contribution in [2.24, 2.45) is 5.92 Å². The van der Waals surface area contributed by atoms with Gasteiger partial charge >= 0.3 is 12.1 Å². The van der Waals surface area contributed by atoms with Crippen molar-refractivity contribution in [1.82, 2.24) is 15.1 Å². The number of carbonyl (C=O) groups is 2. The van der Waals surface area contributed by atoms with Gasteiger partial charge in [-0.15, -0.1) is 0 Å².